The van der Waals surface area contributed by atoms with Crippen LogP contribution in [0.5, 0.6) is 5.75 Å². The molecule has 2 aromatic carbocycles. The van der Waals surface area contributed by atoms with Gasteiger partial charge in [0, 0.05) is 35.8 Å². The summed E-state index contributed by atoms with van der Waals surface area (Å²) in [6.07, 6.45) is 2.58. The quantitative estimate of drug-likeness (QED) is 0.357. The number of hydrogen-bond acceptors (Lipinski definition) is 7. The maximum Gasteiger partial charge on any atom is 0.269 e. The minimum Gasteiger partial charge on any atom is -0.492 e. The van der Waals surface area contributed by atoms with Gasteiger partial charge < -0.3 is 4.74 Å². The van der Waals surface area contributed by atoms with E-state index in [9.17, 15) is 23.3 Å². The molecule has 0 saturated carbocycles. The Kier molecular flexibility index (Phi) is 7.24. The van der Waals surface area contributed by atoms with Crippen LogP contribution < -0.4 is 9.46 Å². The minimum atomic E-state index is -3.35. The molecule has 0 atom stereocenters. The molecule has 166 valence electrons. The van der Waals surface area contributed by atoms with Gasteiger partial charge in [-0.1, -0.05) is 0 Å². The van der Waals surface area contributed by atoms with E-state index in [0.29, 0.717) is 30.2 Å². The first-order chi connectivity index (χ1) is 14.7. The van der Waals surface area contributed by atoms with E-state index in [1.165, 1.54) is 12.1 Å². The lowest BCUT2D eigenvalue weighted by Gasteiger charge is -2.31. The van der Waals surface area contributed by atoms with Gasteiger partial charge in [-0.3, -0.25) is 24.5 Å². The SMILES string of the molecule is CS(=O)(=O)Nc1ccc(C(=O)C2CCN(CCOc3ccc([N+](=O)[O-])cc3)CC2)cc1. The van der Waals surface area contributed by atoms with Crippen LogP contribution in [-0.2, 0) is 10.0 Å². The molecular formula is C21H25N3O6S. The van der Waals surface area contributed by atoms with Gasteiger partial charge in [-0.25, -0.2) is 8.42 Å². The van der Waals surface area contributed by atoms with Gasteiger partial charge in [0.25, 0.3) is 5.69 Å². The molecule has 1 heterocycles. The Balaban J connectivity index is 1.42. The highest BCUT2D eigenvalue weighted by Crippen LogP contribution is 2.23. The van der Waals surface area contributed by atoms with Crippen molar-refractivity contribution in [1.29, 1.82) is 0 Å². The second-order valence-electron chi connectivity index (χ2n) is 7.53. The normalized spacial score (nSPS) is 15.4. The zero-order chi connectivity index (χ0) is 22.4. The highest BCUT2D eigenvalue weighted by Gasteiger charge is 2.25. The Morgan fingerprint density at radius 3 is 2.29 bits per heavy atom. The summed E-state index contributed by atoms with van der Waals surface area (Å²) in [4.78, 5) is 25.2. The van der Waals surface area contributed by atoms with Gasteiger partial charge in [0.15, 0.2) is 5.78 Å². The molecule has 1 saturated heterocycles. The number of hydrogen-bond donors (Lipinski definition) is 1. The molecule has 31 heavy (non-hydrogen) atoms. The molecule has 1 fully saturated rings. The highest BCUT2D eigenvalue weighted by molar-refractivity contribution is 7.92. The van der Waals surface area contributed by atoms with Crippen LogP contribution >= 0.6 is 0 Å². The molecular weight excluding hydrogens is 422 g/mol. The molecule has 0 bridgehead atoms. The maximum absolute atomic E-state index is 12.7. The summed E-state index contributed by atoms with van der Waals surface area (Å²) < 4.78 is 30.6. The Hall–Kier alpha value is -2.98. The molecule has 3 rings (SSSR count). The van der Waals surface area contributed by atoms with E-state index in [-0.39, 0.29) is 17.4 Å². The van der Waals surface area contributed by atoms with Crippen molar-refractivity contribution >= 4 is 27.2 Å². The van der Waals surface area contributed by atoms with Gasteiger partial charge in [-0.05, 0) is 62.3 Å². The van der Waals surface area contributed by atoms with E-state index in [1.54, 1.807) is 36.4 Å². The number of sulfonamides is 1. The number of carbonyl (C=O) groups excluding carboxylic acids is 1. The molecule has 1 aliphatic heterocycles. The molecule has 0 aliphatic carbocycles. The average Bonchev–Trinajstić information content (AvgIpc) is 2.73. The first-order valence-corrected chi connectivity index (χ1v) is 11.8. The standard InChI is InChI=1S/C21H25N3O6S/c1-31(28,29)22-18-4-2-16(3-5-18)21(25)17-10-12-23(13-11-17)14-15-30-20-8-6-19(7-9-20)24(26)27/h2-9,17,22H,10-15H2,1H3. The third-order valence-corrected chi connectivity index (χ3v) is 5.76. The van der Waals surface area contributed by atoms with Crippen LogP contribution in [0.4, 0.5) is 11.4 Å². The first kappa shape index (κ1) is 22.7. The number of nitro benzene ring substituents is 1. The van der Waals surface area contributed by atoms with Gasteiger partial charge >= 0.3 is 0 Å². The highest BCUT2D eigenvalue weighted by atomic mass is 32.2. The lowest BCUT2D eigenvalue weighted by molar-refractivity contribution is -0.384. The van der Waals surface area contributed by atoms with Crippen molar-refractivity contribution in [2.75, 3.05) is 37.2 Å². The van der Waals surface area contributed by atoms with E-state index in [0.717, 1.165) is 32.2 Å². The van der Waals surface area contributed by atoms with Crippen molar-refractivity contribution in [1.82, 2.24) is 4.90 Å². The molecule has 0 radical (unpaired) electrons. The second kappa shape index (κ2) is 9.88. The van der Waals surface area contributed by atoms with E-state index >= 15 is 0 Å². The number of nitrogens with zero attached hydrogens (tertiary/aromatic N) is 2. The number of likely N-dealkylation sites (tertiary alicyclic amines) is 1. The summed E-state index contributed by atoms with van der Waals surface area (Å²) >= 11 is 0. The van der Waals surface area contributed by atoms with Crippen LogP contribution in [0, 0.1) is 16.0 Å². The fourth-order valence-corrected chi connectivity index (χ4v) is 4.09. The number of nitrogens with one attached hydrogen (secondary N) is 1. The fourth-order valence-electron chi connectivity index (χ4n) is 3.53. The number of benzene rings is 2. The fraction of sp³-hybridized carbons (Fsp3) is 0.381. The second-order valence-corrected chi connectivity index (χ2v) is 9.28. The molecule has 0 aromatic heterocycles. The maximum atomic E-state index is 12.7. The predicted molar refractivity (Wildman–Crippen MR) is 117 cm³/mol. The lowest BCUT2D eigenvalue weighted by atomic mass is 9.89. The zero-order valence-corrected chi connectivity index (χ0v) is 18.0. The number of Topliss-reactive ketones (excluding diaryl/α,β-unsaturated/α-hetero) is 1. The summed E-state index contributed by atoms with van der Waals surface area (Å²) in [5.74, 6) is 0.609. The monoisotopic (exact) mass is 447 g/mol. The number of non-ortho nitro benzene ring substituents is 1. The van der Waals surface area contributed by atoms with Crippen LogP contribution in [0.2, 0.25) is 0 Å². The third kappa shape index (κ3) is 6.76. The van der Waals surface area contributed by atoms with Crippen molar-refractivity contribution < 1.29 is 22.9 Å². The Labute approximate surface area is 181 Å². The summed E-state index contributed by atoms with van der Waals surface area (Å²) in [6, 6.07) is 12.5. The summed E-state index contributed by atoms with van der Waals surface area (Å²) in [7, 11) is -3.35. The molecule has 2 aromatic rings. The number of piperidine rings is 1. The molecule has 0 amide bonds. The summed E-state index contributed by atoms with van der Waals surface area (Å²) in [6.45, 7) is 2.75. The largest absolute Gasteiger partial charge is 0.492 e. The van der Waals surface area contributed by atoms with Crippen LogP contribution in [0.1, 0.15) is 23.2 Å². The summed E-state index contributed by atoms with van der Waals surface area (Å²) in [5.41, 5.74) is 1.04. The molecule has 10 heteroatoms. The van der Waals surface area contributed by atoms with Gasteiger partial charge in [-0.2, -0.15) is 0 Å². The van der Waals surface area contributed by atoms with Crippen molar-refractivity contribution in [3.63, 3.8) is 0 Å². The predicted octanol–water partition coefficient (Wildman–Crippen LogP) is 2.94. The van der Waals surface area contributed by atoms with Crippen molar-refractivity contribution in [2.24, 2.45) is 5.92 Å². The van der Waals surface area contributed by atoms with E-state index < -0.39 is 14.9 Å². The van der Waals surface area contributed by atoms with Crippen LogP contribution in [0.15, 0.2) is 48.5 Å². The zero-order valence-electron chi connectivity index (χ0n) is 17.2. The molecule has 0 unspecified atom stereocenters. The van der Waals surface area contributed by atoms with Gasteiger partial charge in [0.2, 0.25) is 10.0 Å². The third-order valence-electron chi connectivity index (χ3n) is 5.15. The van der Waals surface area contributed by atoms with E-state index in [4.69, 9.17) is 4.74 Å². The summed E-state index contributed by atoms with van der Waals surface area (Å²) in [5, 5.41) is 10.7. The number of nitro groups is 1. The average molecular weight is 448 g/mol. The molecule has 0 spiro atoms. The Bertz CT molecular complexity index is 1010. The molecule has 1 aliphatic rings. The minimum absolute atomic E-state index is 0.0281. The smallest absolute Gasteiger partial charge is 0.269 e. The number of rotatable bonds is 9. The van der Waals surface area contributed by atoms with Crippen LogP contribution in [0.25, 0.3) is 0 Å². The lowest BCUT2D eigenvalue weighted by Crippen LogP contribution is -2.38. The Morgan fingerprint density at radius 2 is 1.74 bits per heavy atom. The van der Waals surface area contributed by atoms with E-state index in [2.05, 4.69) is 9.62 Å². The van der Waals surface area contributed by atoms with Gasteiger partial charge in [-0.15, -0.1) is 0 Å². The number of anilines is 1. The topological polar surface area (TPSA) is 119 Å². The van der Waals surface area contributed by atoms with Gasteiger partial charge in [0.05, 0.1) is 11.2 Å². The Morgan fingerprint density at radius 1 is 1.13 bits per heavy atom. The van der Waals surface area contributed by atoms with Crippen molar-refractivity contribution in [3.8, 4) is 5.75 Å². The molecule has 1 N–H and O–H groups in total. The van der Waals surface area contributed by atoms with Crippen molar-refractivity contribution in [3.05, 3.63) is 64.2 Å². The van der Waals surface area contributed by atoms with Crippen LogP contribution in [0.3, 0.4) is 0 Å². The first-order valence-electron chi connectivity index (χ1n) is 9.93. The van der Waals surface area contributed by atoms with E-state index in [1.807, 2.05) is 0 Å². The van der Waals surface area contributed by atoms with Gasteiger partial charge in [0.1, 0.15) is 12.4 Å². The number of carbonyl (C=O) groups is 1. The van der Waals surface area contributed by atoms with Crippen LogP contribution in [-0.4, -0.2) is 56.5 Å². The molecule has 9 nitrogen and oxygen atoms in total. The van der Waals surface area contributed by atoms with Crippen molar-refractivity contribution in [2.45, 2.75) is 12.8 Å². The number of ether oxygens (including phenoxy) is 1. The number of ketones is 1.